The van der Waals surface area contributed by atoms with E-state index < -0.39 is 0 Å². The SMILES string of the molecule is CC(=O)NCc1ccc(-c2csc(NC(=O)CCc3ccc(Cl)cc3)n2)s1. The molecule has 1 aromatic carbocycles. The summed E-state index contributed by atoms with van der Waals surface area (Å²) in [4.78, 5) is 29.7. The highest BCUT2D eigenvalue weighted by Crippen LogP contribution is 2.30. The van der Waals surface area contributed by atoms with Gasteiger partial charge in [0.1, 0.15) is 0 Å². The Bertz CT molecular complexity index is 935. The van der Waals surface area contributed by atoms with Crippen LogP contribution in [0.5, 0.6) is 0 Å². The first-order valence-electron chi connectivity index (χ1n) is 8.33. The first-order chi connectivity index (χ1) is 13.0. The van der Waals surface area contributed by atoms with Crippen LogP contribution in [0.4, 0.5) is 5.13 Å². The van der Waals surface area contributed by atoms with Crippen LogP contribution in [0.25, 0.3) is 10.6 Å². The quantitative estimate of drug-likeness (QED) is 0.581. The Labute approximate surface area is 170 Å². The lowest BCUT2D eigenvalue weighted by atomic mass is 10.1. The van der Waals surface area contributed by atoms with E-state index in [0.29, 0.717) is 29.5 Å². The van der Waals surface area contributed by atoms with Gasteiger partial charge in [-0.25, -0.2) is 4.98 Å². The van der Waals surface area contributed by atoms with Gasteiger partial charge in [-0.1, -0.05) is 23.7 Å². The summed E-state index contributed by atoms with van der Waals surface area (Å²) in [7, 11) is 0. The summed E-state index contributed by atoms with van der Waals surface area (Å²) < 4.78 is 0. The number of hydrogen-bond acceptors (Lipinski definition) is 5. The zero-order valence-corrected chi connectivity index (χ0v) is 17.0. The molecule has 2 N–H and O–H groups in total. The number of aryl methyl sites for hydroxylation is 1. The first kappa shape index (κ1) is 19.5. The van der Waals surface area contributed by atoms with E-state index in [2.05, 4.69) is 15.6 Å². The number of aromatic nitrogens is 1. The van der Waals surface area contributed by atoms with Crippen LogP contribution in [0.1, 0.15) is 23.8 Å². The fourth-order valence-electron chi connectivity index (χ4n) is 2.36. The number of carbonyl (C=O) groups is 2. The van der Waals surface area contributed by atoms with Gasteiger partial charge in [-0.05, 0) is 36.2 Å². The van der Waals surface area contributed by atoms with Gasteiger partial charge in [-0.3, -0.25) is 9.59 Å². The van der Waals surface area contributed by atoms with Gasteiger partial charge in [0.15, 0.2) is 5.13 Å². The molecule has 0 unspecified atom stereocenters. The van der Waals surface area contributed by atoms with E-state index in [9.17, 15) is 9.59 Å². The van der Waals surface area contributed by atoms with Crippen molar-refractivity contribution in [1.82, 2.24) is 10.3 Å². The molecule has 0 atom stereocenters. The number of carbonyl (C=O) groups excluding carboxylic acids is 2. The first-order valence-corrected chi connectivity index (χ1v) is 10.4. The van der Waals surface area contributed by atoms with Crippen molar-refractivity contribution in [2.75, 3.05) is 5.32 Å². The van der Waals surface area contributed by atoms with E-state index >= 15 is 0 Å². The van der Waals surface area contributed by atoms with E-state index in [1.807, 2.05) is 41.8 Å². The molecule has 5 nitrogen and oxygen atoms in total. The number of anilines is 1. The van der Waals surface area contributed by atoms with Crippen molar-refractivity contribution in [3.63, 3.8) is 0 Å². The number of rotatable bonds is 7. The van der Waals surface area contributed by atoms with Crippen LogP contribution in [0.15, 0.2) is 41.8 Å². The van der Waals surface area contributed by atoms with Crippen LogP contribution in [-0.2, 0) is 22.6 Å². The predicted octanol–water partition coefficient (Wildman–Crippen LogP) is 4.73. The van der Waals surface area contributed by atoms with E-state index in [4.69, 9.17) is 11.6 Å². The monoisotopic (exact) mass is 419 g/mol. The smallest absolute Gasteiger partial charge is 0.226 e. The van der Waals surface area contributed by atoms with Crippen LogP contribution in [-0.4, -0.2) is 16.8 Å². The maximum Gasteiger partial charge on any atom is 0.226 e. The summed E-state index contributed by atoms with van der Waals surface area (Å²) in [6.07, 6.45) is 1.04. The van der Waals surface area contributed by atoms with Gasteiger partial charge in [-0.15, -0.1) is 22.7 Å². The van der Waals surface area contributed by atoms with Crippen molar-refractivity contribution in [3.05, 3.63) is 57.2 Å². The fraction of sp³-hybridized carbons (Fsp3) is 0.211. The third-order valence-corrected chi connectivity index (χ3v) is 5.85. The molecule has 2 amide bonds. The summed E-state index contributed by atoms with van der Waals surface area (Å²) in [5.74, 6) is -0.120. The predicted molar refractivity (Wildman–Crippen MR) is 111 cm³/mol. The molecule has 0 aliphatic heterocycles. The van der Waals surface area contributed by atoms with Gasteiger partial charge in [0.25, 0.3) is 0 Å². The Balaban J connectivity index is 1.53. The molecule has 2 aromatic heterocycles. The molecule has 0 spiro atoms. The molecule has 3 aromatic rings. The summed E-state index contributed by atoms with van der Waals surface area (Å²) >= 11 is 8.84. The summed E-state index contributed by atoms with van der Waals surface area (Å²) in [5, 5.41) is 8.82. The number of thiazole rings is 1. The molecule has 3 rings (SSSR count). The fourth-order valence-corrected chi connectivity index (χ4v) is 4.19. The van der Waals surface area contributed by atoms with Gasteiger partial charge < -0.3 is 10.6 Å². The normalized spacial score (nSPS) is 10.6. The van der Waals surface area contributed by atoms with Crippen LogP contribution >= 0.6 is 34.3 Å². The maximum absolute atomic E-state index is 12.1. The van der Waals surface area contributed by atoms with Crippen molar-refractivity contribution >= 4 is 51.2 Å². The standard InChI is InChI=1S/C19H18ClN3O2S2/c1-12(24)21-10-15-7-8-17(27-15)16-11-26-19(22-16)23-18(25)9-4-13-2-5-14(20)6-3-13/h2-3,5-8,11H,4,9-10H2,1H3,(H,21,24)(H,22,23,25). The molecule has 2 heterocycles. The molecule has 140 valence electrons. The third kappa shape index (κ3) is 5.89. The molecule has 0 aliphatic rings. The molecule has 27 heavy (non-hydrogen) atoms. The lowest BCUT2D eigenvalue weighted by Crippen LogP contribution is -2.17. The molecule has 0 fully saturated rings. The molecule has 8 heteroatoms. The van der Waals surface area contributed by atoms with E-state index in [1.54, 1.807) is 11.3 Å². The van der Waals surface area contributed by atoms with Crippen LogP contribution < -0.4 is 10.6 Å². The molecule has 0 aliphatic carbocycles. The average molecular weight is 420 g/mol. The zero-order chi connectivity index (χ0) is 19.2. The van der Waals surface area contributed by atoms with Gasteiger partial charge in [0.2, 0.25) is 11.8 Å². The third-order valence-electron chi connectivity index (χ3n) is 3.73. The number of amides is 2. The van der Waals surface area contributed by atoms with Gasteiger partial charge in [0.05, 0.1) is 17.1 Å². The number of thiophene rings is 1. The number of halogens is 1. The molecular formula is C19H18ClN3O2S2. The van der Waals surface area contributed by atoms with Gasteiger partial charge >= 0.3 is 0 Å². The Morgan fingerprint density at radius 1 is 1.15 bits per heavy atom. The number of nitrogens with zero attached hydrogens (tertiary/aromatic N) is 1. The van der Waals surface area contributed by atoms with Crippen LogP contribution in [0, 0.1) is 0 Å². The minimum Gasteiger partial charge on any atom is -0.351 e. The van der Waals surface area contributed by atoms with Gasteiger partial charge in [-0.2, -0.15) is 0 Å². The number of nitrogens with one attached hydrogen (secondary N) is 2. The Morgan fingerprint density at radius 3 is 2.67 bits per heavy atom. The molecular weight excluding hydrogens is 402 g/mol. The van der Waals surface area contributed by atoms with E-state index in [1.165, 1.54) is 18.3 Å². The van der Waals surface area contributed by atoms with E-state index in [0.717, 1.165) is 21.0 Å². The van der Waals surface area contributed by atoms with Crippen LogP contribution in [0.3, 0.4) is 0 Å². The highest BCUT2D eigenvalue weighted by atomic mass is 35.5. The second-order valence-electron chi connectivity index (χ2n) is 5.89. The summed E-state index contributed by atoms with van der Waals surface area (Å²) in [6.45, 7) is 2.01. The highest BCUT2D eigenvalue weighted by molar-refractivity contribution is 7.17. The summed E-state index contributed by atoms with van der Waals surface area (Å²) in [6, 6.07) is 11.4. The van der Waals surface area contributed by atoms with Crippen molar-refractivity contribution in [1.29, 1.82) is 0 Å². The molecule has 0 bridgehead atoms. The minimum atomic E-state index is -0.0663. The molecule has 0 saturated heterocycles. The Kier molecular flexibility index (Phi) is 6.60. The maximum atomic E-state index is 12.1. The molecule has 0 saturated carbocycles. The largest absolute Gasteiger partial charge is 0.351 e. The van der Waals surface area contributed by atoms with E-state index in [-0.39, 0.29) is 11.8 Å². The Morgan fingerprint density at radius 2 is 1.93 bits per heavy atom. The summed E-state index contributed by atoms with van der Waals surface area (Å²) in [5.41, 5.74) is 1.90. The van der Waals surface area contributed by atoms with Crippen molar-refractivity contribution in [2.45, 2.75) is 26.3 Å². The minimum absolute atomic E-state index is 0.0535. The zero-order valence-electron chi connectivity index (χ0n) is 14.6. The van der Waals surface area contributed by atoms with Crippen molar-refractivity contribution in [3.8, 4) is 10.6 Å². The van der Waals surface area contributed by atoms with Crippen LogP contribution in [0.2, 0.25) is 5.02 Å². The Hall–Kier alpha value is -2.22. The van der Waals surface area contributed by atoms with Crippen molar-refractivity contribution < 1.29 is 9.59 Å². The number of benzene rings is 1. The molecule has 0 radical (unpaired) electrons. The second-order valence-corrected chi connectivity index (χ2v) is 8.35. The highest BCUT2D eigenvalue weighted by Gasteiger charge is 2.10. The lowest BCUT2D eigenvalue weighted by molar-refractivity contribution is -0.119. The van der Waals surface area contributed by atoms with Gasteiger partial charge in [0, 0.05) is 28.6 Å². The topological polar surface area (TPSA) is 71.1 Å². The average Bonchev–Trinajstić information content (AvgIpc) is 3.28. The number of hydrogen-bond donors (Lipinski definition) is 2. The van der Waals surface area contributed by atoms with Crippen molar-refractivity contribution in [2.24, 2.45) is 0 Å². The lowest BCUT2D eigenvalue weighted by Gasteiger charge is -2.02. The second kappa shape index (κ2) is 9.12.